The number of H-pyrrole nitrogens is 1. The monoisotopic (exact) mass is 1420 g/mol. The second kappa shape index (κ2) is 39.0. The van der Waals surface area contributed by atoms with Crippen molar-refractivity contribution in [3.63, 3.8) is 0 Å². The van der Waals surface area contributed by atoms with Gasteiger partial charge in [0.2, 0.25) is 0 Å². The van der Waals surface area contributed by atoms with Crippen LogP contribution in [0.15, 0.2) is 185 Å². The van der Waals surface area contributed by atoms with Crippen molar-refractivity contribution >= 4 is 89.8 Å². The number of nitrogens with two attached hydrogens (primary N) is 1. The zero-order valence-electron chi connectivity index (χ0n) is 55.4. The van der Waals surface area contributed by atoms with Crippen LogP contribution < -0.4 is 45.9 Å². The van der Waals surface area contributed by atoms with Crippen LogP contribution in [0.4, 0.5) is 64.9 Å². The van der Waals surface area contributed by atoms with Gasteiger partial charge in [0.15, 0.2) is 5.43 Å². The van der Waals surface area contributed by atoms with E-state index in [1.807, 2.05) is 63.2 Å². The average molecular weight is 1420 g/mol. The maximum atomic E-state index is 13.6. The van der Waals surface area contributed by atoms with E-state index >= 15 is 0 Å². The number of anilines is 5. The van der Waals surface area contributed by atoms with Gasteiger partial charge in [0.05, 0.1) is 32.8 Å². The predicted molar refractivity (Wildman–Crippen MR) is 370 cm³/mol. The molecule has 11 aromatic rings. The first-order chi connectivity index (χ1) is 46.2. The number of aromatic carboxylic acids is 3. The molecule has 0 fully saturated rings. The summed E-state index contributed by atoms with van der Waals surface area (Å²) in [6, 6.07) is 46.4. The van der Waals surface area contributed by atoms with Gasteiger partial charge < -0.3 is 47.2 Å². The van der Waals surface area contributed by atoms with Crippen LogP contribution in [-0.2, 0) is 0 Å². The molecule has 0 bridgehead atoms. The Kier molecular flexibility index (Phi) is 32.5. The van der Waals surface area contributed by atoms with Gasteiger partial charge in [0.25, 0.3) is 5.69 Å². The number of carbonyl (C=O) groups is 3. The third-order valence-electron chi connectivity index (χ3n) is 14.2. The van der Waals surface area contributed by atoms with E-state index in [1.54, 1.807) is 113 Å². The molecule has 0 saturated heterocycles. The van der Waals surface area contributed by atoms with Gasteiger partial charge in [-0.25, -0.2) is 45.1 Å². The number of nitro benzene ring substituents is 1. The number of hydrogen-bond donors (Lipinski definition) is 8. The number of rotatable bonds is 8. The quantitative estimate of drug-likeness (QED) is 0.0134. The summed E-state index contributed by atoms with van der Waals surface area (Å²) in [5.74, 6) is -7.19. The molecule has 0 atom stereocenters. The summed E-state index contributed by atoms with van der Waals surface area (Å²) in [7, 11) is 0. The van der Waals surface area contributed by atoms with E-state index in [0.717, 1.165) is 56.3 Å². The van der Waals surface area contributed by atoms with Crippen molar-refractivity contribution in [2.45, 2.75) is 69.2 Å². The van der Waals surface area contributed by atoms with Gasteiger partial charge in [-0.3, -0.25) is 14.9 Å². The zero-order chi connectivity index (χ0) is 73.4. The van der Waals surface area contributed by atoms with Crippen molar-refractivity contribution in [3.05, 3.63) is 314 Å². The fourth-order valence-corrected chi connectivity index (χ4v) is 9.06. The number of aromatic nitrogens is 1. The number of benzene rings is 10. The Bertz CT molecular complexity index is 4570. The molecule has 0 aliphatic heterocycles. The normalized spacial score (nSPS) is 9.94. The molecule has 0 radical (unpaired) electrons. The van der Waals surface area contributed by atoms with E-state index in [2.05, 4.69) is 31.5 Å². The Morgan fingerprint density at radius 2 is 0.869 bits per heavy atom. The molecule has 16 nitrogen and oxygen atoms in total. The van der Waals surface area contributed by atoms with Crippen molar-refractivity contribution in [2.75, 3.05) is 16.4 Å². The van der Waals surface area contributed by atoms with Crippen LogP contribution in [0.5, 0.6) is 0 Å². The Balaban J connectivity index is 0.000000305. The number of nitrogens with zero attached hydrogens (tertiary/aromatic N) is 1. The maximum Gasteiger partial charge on any atom is 1.00 e. The minimum atomic E-state index is -1.46. The van der Waals surface area contributed by atoms with Crippen LogP contribution >= 0.6 is 15.9 Å². The molecule has 0 unspecified atom stereocenters. The Hall–Kier alpha value is -10.6. The van der Waals surface area contributed by atoms with Gasteiger partial charge in [0, 0.05) is 55.1 Å². The molecule has 0 aliphatic rings. The summed E-state index contributed by atoms with van der Waals surface area (Å²) in [5.41, 5.74) is 14.8. The number of nitro groups is 1. The van der Waals surface area contributed by atoms with Crippen LogP contribution in [0.3, 0.4) is 0 Å². The number of para-hydroxylation sites is 3. The number of fused-ring (bicyclic) bond motifs is 2. The summed E-state index contributed by atoms with van der Waals surface area (Å²) in [6.07, 6.45) is 0. The van der Waals surface area contributed by atoms with Crippen molar-refractivity contribution < 1.29 is 94.7 Å². The summed E-state index contributed by atoms with van der Waals surface area (Å²) in [5, 5.41) is 56.8. The predicted octanol–water partition coefficient (Wildman–Crippen LogP) is 15.5. The maximum absolute atomic E-state index is 13.6. The zero-order valence-corrected chi connectivity index (χ0v) is 57.0. The molecule has 0 amide bonds. The van der Waals surface area contributed by atoms with Gasteiger partial charge in [0.1, 0.15) is 40.7 Å². The van der Waals surface area contributed by atoms with E-state index in [9.17, 15) is 60.0 Å². The Labute approximate surface area is 585 Å². The van der Waals surface area contributed by atoms with Crippen molar-refractivity contribution in [1.29, 1.82) is 0 Å². The minimum absolute atomic E-state index is 0. The number of carboxylic acid groups (broad SMARTS) is 3. The Morgan fingerprint density at radius 3 is 1.36 bits per heavy atom. The molecule has 0 saturated carbocycles. The third kappa shape index (κ3) is 24.5. The molecule has 0 aliphatic carbocycles. The van der Waals surface area contributed by atoms with Crippen molar-refractivity contribution in [2.24, 2.45) is 0 Å². The molecule has 99 heavy (non-hydrogen) atoms. The van der Waals surface area contributed by atoms with Gasteiger partial charge in [-0.1, -0.05) is 76.6 Å². The number of halogens is 8. The van der Waals surface area contributed by atoms with E-state index < -0.39 is 51.4 Å². The average Bonchev–Trinajstić information content (AvgIpc) is 0.770. The minimum Gasteiger partial charge on any atom is -0.727 e. The van der Waals surface area contributed by atoms with Gasteiger partial charge in [-0.05, 0) is 229 Å². The largest absolute Gasteiger partial charge is 1.00 e. The fourth-order valence-electron chi connectivity index (χ4n) is 8.61. The number of hydrogen-bond acceptors (Lipinski definition) is 11. The molecule has 11 rings (SSSR count). The number of nitrogen functional groups attached to an aromatic ring is 1. The molecule has 9 N–H and O–H groups in total. The first kappa shape index (κ1) is 82.6. The first-order valence-corrected chi connectivity index (χ1v) is 29.9. The molecule has 1 aromatic heterocycles. The second-order valence-corrected chi connectivity index (χ2v) is 22.6. The van der Waals surface area contributed by atoms with Gasteiger partial charge in [-0.2, -0.15) is 0 Å². The molecular formula is C74H68BrF7LiN5O11. The summed E-state index contributed by atoms with van der Waals surface area (Å²) < 4.78 is 92.2. The third-order valence-corrected chi connectivity index (χ3v) is 15.0. The van der Waals surface area contributed by atoms with E-state index in [0.29, 0.717) is 67.2 Å². The Morgan fingerprint density at radius 1 is 0.434 bits per heavy atom. The molecule has 1 heterocycles. The number of carboxylic acids is 3. The molecular weight excluding hydrogens is 1350 g/mol. The van der Waals surface area contributed by atoms with Crippen LogP contribution in [0.25, 0.3) is 21.8 Å². The van der Waals surface area contributed by atoms with Gasteiger partial charge >= 0.3 is 36.8 Å². The standard InChI is InChI=1S/C14H10FNO4.C14H8FNO3.C14H14FN.C8H8BrF.C8H8FNO2.C8H10FN.C8H9F.Li.H2O2/c15-11-6-10(14(19)20)12(7-9(11)13(17)18)16-8-4-2-1-3-5-8;15-10-5-9-12(6-8(10)14(18)19)16-11-4-2-1-3-7(11)13(9)17;1-10-9-14(11(2)8-13(10)15)16-12-6-4-3-5-7-12;1-5-4-8(10)6(2)3-7(5)9;1-5-4-8(10(11)12)6(2)3-7(5)9;1-5-4-8(10)6(2)3-7(5)9;1-6-3-4-7(2)8(9)5-6;;1-2/h1-7,16H,(H,17,18)(H,19,20);1-6H,(H,16,17)(H,18,19);3-9,16H,1-2H3;3-4H,1-2H3;3-4H,1-2H3;3-4H,10H2,1-2H3;3-5H,1-2H3;;1-2H/q;;;;;;;+1;/p-1. The van der Waals surface area contributed by atoms with Crippen LogP contribution in [0, 0.1) is 120 Å². The summed E-state index contributed by atoms with van der Waals surface area (Å²) >= 11 is 3.31. The topological polar surface area (TPSA) is 281 Å². The van der Waals surface area contributed by atoms with Crippen LogP contribution in [0.1, 0.15) is 86.7 Å². The van der Waals surface area contributed by atoms with Crippen LogP contribution in [0.2, 0.25) is 0 Å². The SMILES string of the molecule is Cc1cc(Br)c(C)cc1F.Cc1cc(F)c(C)cc1N.Cc1cc(Nc2ccccc2)c(C)cc1F.Cc1cc([N+](=O)[O-])c(C)cc1F.Cc1ccc(C)c(F)c1.O=C(O)c1cc(Nc2ccccc2)c(C(=O)O)cc1F.O=C(O)c1cc2[nH]c3ccccc3c(=O)c2cc1F.[Li+].[O-]O. The summed E-state index contributed by atoms with van der Waals surface area (Å²) in [4.78, 5) is 57.9. The summed E-state index contributed by atoms with van der Waals surface area (Å²) in [6.45, 7) is 17.4. The number of nitrogens with one attached hydrogen (secondary N) is 3. The number of pyridine rings is 1. The molecule has 25 heteroatoms. The van der Waals surface area contributed by atoms with E-state index in [-0.39, 0.29) is 69.9 Å². The van der Waals surface area contributed by atoms with E-state index in [4.69, 9.17) is 31.6 Å². The van der Waals surface area contributed by atoms with Gasteiger partial charge in [-0.15, -0.1) is 0 Å². The molecule has 10 aromatic carbocycles. The molecule has 512 valence electrons. The van der Waals surface area contributed by atoms with Crippen molar-refractivity contribution in [3.8, 4) is 0 Å². The first-order valence-electron chi connectivity index (χ1n) is 29.1. The van der Waals surface area contributed by atoms with Crippen molar-refractivity contribution in [1.82, 2.24) is 4.98 Å². The molecule has 0 spiro atoms. The van der Waals surface area contributed by atoms with Crippen LogP contribution in [-0.4, -0.2) is 48.4 Å². The number of aryl methyl sites for hydroxylation is 10. The fraction of sp³-hybridized carbons (Fsp3) is 0.135. The van der Waals surface area contributed by atoms with E-state index in [1.165, 1.54) is 44.2 Å². The number of aromatic amines is 1. The smallest absolute Gasteiger partial charge is 0.727 e. The second-order valence-electron chi connectivity index (χ2n) is 21.8.